The first-order chi connectivity index (χ1) is 6.44. The Labute approximate surface area is 101 Å². The summed E-state index contributed by atoms with van der Waals surface area (Å²) in [6.07, 6.45) is 0. The summed E-state index contributed by atoms with van der Waals surface area (Å²) in [7, 11) is 0. The van der Waals surface area contributed by atoms with E-state index >= 15 is 0 Å². The van der Waals surface area contributed by atoms with Gasteiger partial charge in [0.25, 0.3) is 0 Å². The smallest absolute Gasteiger partial charge is 0.135 e. The van der Waals surface area contributed by atoms with Crippen LogP contribution in [0.4, 0.5) is 0 Å². The number of rotatable bonds is 3. The molecule has 0 saturated heterocycles. The quantitative estimate of drug-likeness (QED) is 0.924. The third kappa shape index (κ3) is 3.26. The molecule has 1 N–H and O–H groups in total. The van der Waals surface area contributed by atoms with E-state index in [0.29, 0.717) is 0 Å². The van der Waals surface area contributed by atoms with Crippen LogP contribution in [0.2, 0.25) is 0 Å². The van der Waals surface area contributed by atoms with E-state index in [1.54, 1.807) is 0 Å². The van der Waals surface area contributed by atoms with Gasteiger partial charge in [-0.05, 0) is 48.0 Å². The highest BCUT2D eigenvalue weighted by molar-refractivity contribution is 9.11. The van der Waals surface area contributed by atoms with Crippen molar-refractivity contribution in [2.75, 3.05) is 6.61 Å². The van der Waals surface area contributed by atoms with Gasteiger partial charge in [0.1, 0.15) is 11.4 Å². The molecular weight excluding hydrogens is 312 g/mol. The molecule has 0 heterocycles. The summed E-state index contributed by atoms with van der Waals surface area (Å²) in [6, 6.07) is 5.68. The molecule has 0 saturated carbocycles. The molecule has 0 amide bonds. The van der Waals surface area contributed by atoms with Crippen molar-refractivity contribution in [2.24, 2.45) is 0 Å². The normalized spacial score (nSPS) is 11.5. The number of halogens is 2. The zero-order valence-electron chi connectivity index (χ0n) is 8.05. The van der Waals surface area contributed by atoms with Gasteiger partial charge >= 0.3 is 0 Å². The fourth-order valence-electron chi connectivity index (χ4n) is 0.885. The molecule has 0 bridgehead atoms. The lowest BCUT2D eigenvalue weighted by molar-refractivity contribution is 0.0405. The average Bonchev–Trinajstić information content (AvgIpc) is 2.11. The molecule has 2 nitrogen and oxygen atoms in total. The van der Waals surface area contributed by atoms with E-state index < -0.39 is 5.60 Å². The Morgan fingerprint density at radius 2 is 2.00 bits per heavy atom. The molecule has 14 heavy (non-hydrogen) atoms. The van der Waals surface area contributed by atoms with Crippen LogP contribution in [-0.4, -0.2) is 17.3 Å². The van der Waals surface area contributed by atoms with Crippen LogP contribution in [0, 0.1) is 0 Å². The van der Waals surface area contributed by atoms with Gasteiger partial charge in [-0.3, -0.25) is 0 Å². The van der Waals surface area contributed by atoms with Gasteiger partial charge in [-0.1, -0.05) is 15.9 Å². The van der Waals surface area contributed by atoms with Gasteiger partial charge in [0.15, 0.2) is 0 Å². The minimum absolute atomic E-state index is 0.0219. The van der Waals surface area contributed by atoms with Crippen molar-refractivity contribution in [3.63, 3.8) is 0 Å². The van der Waals surface area contributed by atoms with Gasteiger partial charge in [-0.25, -0.2) is 0 Å². The van der Waals surface area contributed by atoms with Gasteiger partial charge in [-0.2, -0.15) is 0 Å². The average molecular weight is 324 g/mol. The molecule has 0 fully saturated rings. The number of hydrogen-bond acceptors (Lipinski definition) is 2. The topological polar surface area (TPSA) is 29.5 Å². The second-order valence-electron chi connectivity index (χ2n) is 3.59. The number of aliphatic hydroxyl groups excluding tert-OH is 1. The molecule has 1 aromatic rings. The summed E-state index contributed by atoms with van der Waals surface area (Å²) >= 11 is 6.75. The fraction of sp³-hybridized carbons (Fsp3) is 0.400. The maximum atomic E-state index is 9.06. The summed E-state index contributed by atoms with van der Waals surface area (Å²) in [5.41, 5.74) is -0.566. The van der Waals surface area contributed by atoms with Gasteiger partial charge in [0.05, 0.1) is 11.1 Å². The monoisotopic (exact) mass is 322 g/mol. The van der Waals surface area contributed by atoms with Crippen molar-refractivity contribution in [3.05, 3.63) is 27.1 Å². The number of benzene rings is 1. The van der Waals surface area contributed by atoms with Gasteiger partial charge in [0, 0.05) is 4.47 Å². The van der Waals surface area contributed by atoms with Crippen LogP contribution in [0.25, 0.3) is 0 Å². The third-order valence-electron chi connectivity index (χ3n) is 1.66. The van der Waals surface area contributed by atoms with E-state index in [2.05, 4.69) is 31.9 Å². The Bertz CT molecular complexity index is 324. The highest BCUT2D eigenvalue weighted by Crippen LogP contribution is 2.30. The first-order valence-electron chi connectivity index (χ1n) is 4.19. The number of ether oxygens (including phenoxy) is 1. The van der Waals surface area contributed by atoms with Crippen LogP contribution in [0.3, 0.4) is 0 Å². The van der Waals surface area contributed by atoms with E-state index in [1.807, 2.05) is 32.0 Å². The van der Waals surface area contributed by atoms with E-state index in [9.17, 15) is 0 Å². The lowest BCUT2D eigenvalue weighted by atomic mass is 10.1. The Morgan fingerprint density at radius 3 is 2.57 bits per heavy atom. The highest BCUT2D eigenvalue weighted by Gasteiger charge is 2.19. The van der Waals surface area contributed by atoms with Crippen molar-refractivity contribution in [2.45, 2.75) is 19.4 Å². The maximum absolute atomic E-state index is 9.06. The standard InChI is InChI=1S/C10H12Br2O2/c1-10(2,6-13)14-9-5-7(11)3-4-8(9)12/h3-5,13H,6H2,1-2H3. The molecule has 0 atom stereocenters. The lowest BCUT2D eigenvalue weighted by Gasteiger charge is -2.24. The Balaban J connectivity index is 2.91. The first-order valence-corrected chi connectivity index (χ1v) is 5.78. The summed E-state index contributed by atoms with van der Waals surface area (Å²) in [5.74, 6) is 0.721. The molecular formula is C10H12Br2O2. The van der Waals surface area contributed by atoms with Crippen LogP contribution in [0.1, 0.15) is 13.8 Å². The molecule has 1 rings (SSSR count). The molecule has 0 spiro atoms. The zero-order chi connectivity index (χ0) is 10.8. The van der Waals surface area contributed by atoms with Crippen LogP contribution in [-0.2, 0) is 0 Å². The van der Waals surface area contributed by atoms with Crippen LogP contribution in [0.5, 0.6) is 5.75 Å². The third-order valence-corrected chi connectivity index (χ3v) is 2.81. The lowest BCUT2D eigenvalue weighted by Crippen LogP contribution is -2.32. The predicted molar refractivity (Wildman–Crippen MR) is 63.6 cm³/mol. The molecule has 0 aromatic heterocycles. The minimum Gasteiger partial charge on any atom is -0.484 e. The van der Waals surface area contributed by atoms with Crippen LogP contribution in [0.15, 0.2) is 27.1 Å². The van der Waals surface area contributed by atoms with Crippen LogP contribution < -0.4 is 4.74 Å². The zero-order valence-corrected chi connectivity index (χ0v) is 11.2. The highest BCUT2D eigenvalue weighted by atomic mass is 79.9. The minimum atomic E-state index is -0.566. The summed E-state index contributed by atoms with van der Waals surface area (Å²) in [6.45, 7) is 3.65. The van der Waals surface area contributed by atoms with Crippen molar-refractivity contribution >= 4 is 31.9 Å². The summed E-state index contributed by atoms with van der Waals surface area (Å²) in [4.78, 5) is 0. The van der Waals surface area contributed by atoms with Crippen molar-refractivity contribution < 1.29 is 9.84 Å². The summed E-state index contributed by atoms with van der Waals surface area (Å²) in [5, 5.41) is 9.06. The van der Waals surface area contributed by atoms with Gasteiger partial charge in [0.2, 0.25) is 0 Å². The summed E-state index contributed by atoms with van der Waals surface area (Å²) < 4.78 is 7.46. The van der Waals surface area contributed by atoms with Crippen molar-refractivity contribution in [1.29, 1.82) is 0 Å². The number of aliphatic hydroxyl groups is 1. The van der Waals surface area contributed by atoms with E-state index in [4.69, 9.17) is 9.84 Å². The number of hydrogen-bond donors (Lipinski definition) is 1. The molecule has 4 heteroatoms. The Morgan fingerprint density at radius 1 is 1.36 bits per heavy atom. The van der Waals surface area contributed by atoms with Gasteiger partial charge in [-0.15, -0.1) is 0 Å². The molecule has 0 aliphatic rings. The van der Waals surface area contributed by atoms with E-state index in [0.717, 1.165) is 14.7 Å². The van der Waals surface area contributed by atoms with Crippen molar-refractivity contribution in [1.82, 2.24) is 0 Å². The van der Waals surface area contributed by atoms with Crippen LogP contribution >= 0.6 is 31.9 Å². The van der Waals surface area contributed by atoms with Crippen molar-refractivity contribution in [3.8, 4) is 5.75 Å². The second kappa shape index (κ2) is 4.64. The fourth-order valence-corrected chi connectivity index (χ4v) is 1.55. The molecule has 1 aromatic carbocycles. The molecule has 78 valence electrons. The molecule has 0 radical (unpaired) electrons. The van der Waals surface area contributed by atoms with E-state index in [-0.39, 0.29) is 6.61 Å². The maximum Gasteiger partial charge on any atom is 0.135 e. The second-order valence-corrected chi connectivity index (χ2v) is 5.36. The first kappa shape index (κ1) is 12.0. The Hall–Kier alpha value is -0.0600. The molecule has 0 aliphatic carbocycles. The van der Waals surface area contributed by atoms with Gasteiger partial charge < -0.3 is 9.84 Å². The SMILES string of the molecule is CC(C)(CO)Oc1cc(Br)ccc1Br. The molecule has 0 unspecified atom stereocenters. The molecule has 0 aliphatic heterocycles. The predicted octanol–water partition coefficient (Wildman–Crippen LogP) is 3.36. The van der Waals surface area contributed by atoms with E-state index in [1.165, 1.54) is 0 Å². The largest absolute Gasteiger partial charge is 0.484 e. The Kier molecular flexibility index (Phi) is 3.98.